The quantitative estimate of drug-likeness (QED) is 0.928. The highest BCUT2D eigenvalue weighted by Gasteiger charge is 2.45. The summed E-state index contributed by atoms with van der Waals surface area (Å²) in [5.74, 6) is 0.0601. The van der Waals surface area contributed by atoms with Crippen LogP contribution < -0.4 is 5.32 Å². The van der Waals surface area contributed by atoms with Crippen LogP contribution in [0, 0.1) is 6.92 Å². The van der Waals surface area contributed by atoms with Gasteiger partial charge in [-0.3, -0.25) is 14.6 Å². The van der Waals surface area contributed by atoms with Crippen molar-refractivity contribution in [1.29, 1.82) is 0 Å². The number of amides is 2. The fourth-order valence-corrected chi connectivity index (χ4v) is 3.39. The highest BCUT2D eigenvalue weighted by atomic mass is 16.2. The Balaban J connectivity index is 2.31. The summed E-state index contributed by atoms with van der Waals surface area (Å²) in [6, 6.07) is 0. The van der Waals surface area contributed by atoms with E-state index < -0.39 is 5.54 Å². The summed E-state index contributed by atoms with van der Waals surface area (Å²) in [5.41, 5.74) is 3.70. The van der Waals surface area contributed by atoms with Crippen LogP contribution in [0.15, 0.2) is 6.58 Å². The maximum atomic E-state index is 13.1. The molecule has 0 saturated heterocycles. The zero-order valence-corrected chi connectivity index (χ0v) is 15.1. The topological polar surface area (TPSA) is 62.3 Å². The number of likely N-dealkylation sites (N-methyl/N-ethyl adjacent to an activating group) is 1. The predicted molar refractivity (Wildman–Crippen MR) is 94.2 cm³/mol. The van der Waals surface area contributed by atoms with E-state index in [1.807, 2.05) is 27.7 Å². The fraction of sp³-hybridized carbons (Fsp3) is 0.526. The molecule has 0 atom stereocenters. The smallest absolute Gasteiger partial charge is 0.256 e. The molecular weight excluding hydrogens is 302 g/mol. The van der Waals surface area contributed by atoms with Crippen LogP contribution in [0.1, 0.15) is 77.2 Å². The lowest BCUT2D eigenvalue weighted by molar-refractivity contribution is 0.0683. The molecule has 128 valence electrons. The molecule has 3 rings (SSSR count). The zero-order chi connectivity index (χ0) is 17.8. The van der Waals surface area contributed by atoms with Gasteiger partial charge in [-0.25, -0.2) is 0 Å². The summed E-state index contributed by atoms with van der Waals surface area (Å²) in [7, 11) is 1.79. The molecule has 5 heteroatoms. The third-order valence-corrected chi connectivity index (χ3v) is 5.35. The average molecular weight is 327 g/mol. The van der Waals surface area contributed by atoms with Gasteiger partial charge in [-0.2, -0.15) is 0 Å². The van der Waals surface area contributed by atoms with E-state index in [0.717, 1.165) is 24.0 Å². The number of carbonyl (C=O) groups excluding carboxylic acids is 2. The van der Waals surface area contributed by atoms with E-state index in [1.165, 1.54) is 0 Å². The molecule has 1 N–H and O–H groups in total. The first kappa shape index (κ1) is 16.7. The Hall–Kier alpha value is -2.17. The molecule has 1 aromatic heterocycles. The van der Waals surface area contributed by atoms with E-state index in [1.54, 1.807) is 11.9 Å². The molecule has 0 bridgehead atoms. The van der Waals surface area contributed by atoms with Crippen LogP contribution in [0.2, 0.25) is 0 Å². The van der Waals surface area contributed by atoms with Crippen LogP contribution in [0.5, 0.6) is 0 Å². The van der Waals surface area contributed by atoms with Crippen LogP contribution in [0.25, 0.3) is 5.57 Å². The molecule has 1 aliphatic carbocycles. The number of fused-ring (bicyclic) bond motifs is 1. The second kappa shape index (κ2) is 5.43. The van der Waals surface area contributed by atoms with Crippen LogP contribution in [-0.4, -0.2) is 40.8 Å². The molecule has 1 saturated carbocycles. The first-order valence-electron chi connectivity index (χ1n) is 8.52. The molecule has 0 spiro atoms. The number of aromatic nitrogens is 1. The van der Waals surface area contributed by atoms with Gasteiger partial charge in [-0.15, -0.1) is 0 Å². The number of hydrogen-bond acceptors (Lipinski definition) is 3. The molecule has 1 aromatic rings. The number of nitrogens with one attached hydrogen (secondary N) is 1. The fourth-order valence-electron chi connectivity index (χ4n) is 3.39. The standard InChI is InChI=1S/C19H25N3O2/c1-7-20-17(23)13-11(3)21-16-10(2)19(4,5)22(6)18(24)15(16)14(13)12-8-9-12/h12H,2,7-9H2,1,3-6H3,(H,20,23). The van der Waals surface area contributed by atoms with E-state index in [9.17, 15) is 9.59 Å². The van der Waals surface area contributed by atoms with Crippen molar-refractivity contribution in [2.45, 2.75) is 52.0 Å². The Morgan fingerprint density at radius 3 is 2.58 bits per heavy atom. The maximum absolute atomic E-state index is 13.1. The molecule has 2 heterocycles. The summed E-state index contributed by atoms with van der Waals surface area (Å²) in [5, 5.41) is 2.86. The molecule has 0 aromatic carbocycles. The van der Waals surface area contributed by atoms with Gasteiger partial charge in [0.1, 0.15) is 0 Å². The normalized spacial score (nSPS) is 19.3. The van der Waals surface area contributed by atoms with E-state index in [2.05, 4.69) is 16.9 Å². The van der Waals surface area contributed by atoms with E-state index in [4.69, 9.17) is 0 Å². The second-order valence-corrected chi connectivity index (χ2v) is 7.24. The molecule has 0 unspecified atom stereocenters. The number of rotatable bonds is 3. The van der Waals surface area contributed by atoms with Crippen molar-refractivity contribution in [3.8, 4) is 0 Å². The van der Waals surface area contributed by atoms with Crippen molar-refractivity contribution in [3.63, 3.8) is 0 Å². The lowest BCUT2D eigenvalue weighted by Crippen LogP contribution is -2.50. The van der Waals surface area contributed by atoms with Crippen molar-refractivity contribution in [3.05, 3.63) is 34.7 Å². The van der Waals surface area contributed by atoms with Crippen LogP contribution >= 0.6 is 0 Å². The molecule has 2 amide bonds. The number of carbonyl (C=O) groups is 2. The van der Waals surface area contributed by atoms with E-state index >= 15 is 0 Å². The number of aryl methyl sites for hydroxylation is 1. The minimum Gasteiger partial charge on any atom is -0.352 e. The van der Waals surface area contributed by atoms with Gasteiger partial charge >= 0.3 is 0 Å². The lowest BCUT2D eigenvalue weighted by atomic mass is 9.80. The van der Waals surface area contributed by atoms with Gasteiger partial charge < -0.3 is 10.2 Å². The summed E-state index contributed by atoms with van der Waals surface area (Å²) in [6.45, 7) is 12.4. The van der Waals surface area contributed by atoms with Gasteiger partial charge in [0.25, 0.3) is 11.8 Å². The van der Waals surface area contributed by atoms with Crippen molar-refractivity contribution in [1.82, 2.24) is 15.2 Å². The highest BCUT2D eigenvalue weighted by Crippen LogP contribution is 2.48. The number of pyridine rings is 1. The van der Waals surface area contributed by atoms with Gasteiger partial charge in [0.2, 0.25) is 0 Å². The van der Waals surface area contributed by atoms with Crippen molar-refractivity contribution in [2.75, 3.05) is 13.6 Å². The van der Waals surface area contributed by atoms with Crippen molar-refractivity contribution in [2.24, 2.45) is 0 Å². The minimum absolute atomic E-state index is 0.0673. The highest BCUT2D eigenvalue weighted by molar-refractivity contribution is 6.08. The third-order valence-electron chi connectivity index (χ3n) is 5.35. The van der Waals surface area contributed by atoms with Gasteiger partial charge in [0.15, 0.2) is 0 Å². The first-order chi connectivity index (χ1) is 11.2. The van der Waals surface area contributed by atoms with E-state index in [-0.39, 0.29) is 17.7 Å². The Morgan fingerprint density at radius 2 is 2.04 bits per heavy atom. The van der Waals surface area contributed by atoms with Crippen LogP contribution in [-0.2, 0) is 0 Å². The molecule has 0 radical (unpaired) electrons. The summed E-state index contributed by atoms with van der Waals surface area (Å²) in [4.78, 5) is 32.0. The van der Waals surface area contributed by atoms with E-state index in [0.29, 0.717) is 29.1 Å². The van der Waals surface area contributed by atoms with Crippen LogP contribution in [0.3, 0.4) is 0 Å². The SMILES string of the molecule is C=C1c2nc(C)c(C(=O)NCC)c(C3CC3)c2C(=O)N(C)C1(C)C. The van der Waals surface area contributed by atoms with Crippen molar-refractivity contribution >= 4 is 17.4 Å². The maximum Gasteiger partial charge on any atom is 0.256 e. The summed E-state index contributed by atoms with van der Waals surface area (Å²) in [6.07, 6.45) is 2.02. The third kappa shape index (κ3) is 2.26. The van der Waals surface area contributed by atoms with Gasteiger partial charge in [0, 0.05) is 13.6 Å². The second-order valence-electron chi connectivity index (χ2n) is 7.24. The Labute approximate surface area is 143 Å². The largest absolute Gasteiger partial charge is 0.352 e. The Morgan fingerprint density at radius 1 is 1.42 bits per heavy atom. The van der Waals surface area contributed by atoms with Crippen LogP contribution in [0.4, 0.5) is 0 Å². The summed E-state index contributed by atoms with van der Waals surface area (Å²) >= 11 is 0. The molecule has 5 nitrogen and oxygen atoms in total. The Bertz CT molecular complexity index is 760. The van der Waals surface area contributed by atoms with Gasteiger partial charge in [0.05, 0.1) is 28.1 Å². The number of nitrogens with zero attached hydrogens (tertiary/aromatic N) is 2. The van der Waals surface area contributed by atoms with Crippen molar-refractivity contribution < 1.29 is 9.59 Å². The van der Waals surface area contributed by atoms with Gasteiger partial charge in [-0.1, -0.05) is 6.58 Å². The Kier molecular flexibility index (Phi) is 3.78. The molecular formula is C19H25N3O2. The minimum atomic E-state index is -0.489. The zero-order valence-electron chi connectivity index (χ0n) is 15.1. The monoisotopic (exact) mass is 327 g/mol. The summed E-state index contributed by atoms with van der Waals surface area (Å²) < 4.78 is 0. The molecule has 1 aliphatic heterocycles. The predicted octanol–water partition coefficient (Wildman–Crippen LogP) is 2.89. The van der Waals surface area contributed by atoms with Gasteiger partial charge in [-0.05, 0) is 57.6 Å². The lowest BCUT2D eigenvalue weighted by Gasteiger charge is -2.42. The molecule has 1 fully saturated rings. The first-order valence-corrected chi connectivity index (χ1v) is 8.52. The average Bonchev–Trinajstić information content (AvgIpc) is 3.35. The molecule has 2 aliphatic rings. The number of hydrogen-bond donors (Lipinski definition) is 1. The molecule has 24 heavy (non-hydrogen) atoms.